The molecule has 0 saturated heterocycles. The molecule has 0 unspecified atom stereocenters. The molecule has 5 heteroatoms. The number of unbranched alkanes of at least 4 members (excludes halogenated alkanes) is 6. The van der Waals surface area contributed by atoms with E-state index in [1.165, 1.54) is 32.1 Å². The fraction of sp³-hybridized carbons (Fsp3) is 0.477. The zero-order chi connectivity index (χ0) is 35.6. The second kappa shape index (κ2) is 20.9. The Balaban J connectivity index is 2.02. The molecule has 3 aromatic rings. The topological polar surface area (TPSA) is 31.4 Å². The Morgan fingerprint density at radius 1 is 0.571 bits per heavy atom. The van der Waals surface area contributed by atoms with Crippen molar-refractivity contribution in [1.29, 1.82) is 0 Å². The zero-order valence-corrected chi connectivity index (χ0v) is 33.7. The van der Waals surface area contributed by atoms with Gasteiger partial charge < -0.3 is 9.47 Å². The summed E-state index contributed by atoms with van der Waals surface area (Å²) in [5.41, 5.74) is 9.99. The van der Waals surface area contributed by atoms with Crippen LogP contribution in [0.3, 0.4) is 0 Å². The van der Waals surface area contributed by atoms with Crippen molar-refractivity contribution in [3.63, 3.8) is 0 Å². The van der Waals surface area contributed by atoms with E-state index < -0.39 is 8.07 Å². The molecule has 0 bridgehead atoms. The van der Waals surface area contributed by atoms with Crippen LogP contribution in [-0.2, 0) is 0 Å². The highest BCUT2D eigenvalue weighted by molar-refractivity contribution is 9.10. The maximum absolute atomic E-state index is 6.28. The summed E-state index contributed by atoms with van der Waals surface area (Å²) in [6.07, 6.45) is 11.0. The van der Waals surface area contributed by atoms with Gasteiger partial charge in [-0.1, -0.05) is 124 Å². The van der Waals surface area contributed by atoms with Crippen LogP contribution < -0.4 is 9.47 Å². The third kappa shape index (κ3) is 13.1. The van der Waals surface area contributed by atoms with Crippen LogP contribution in [-0.4, -0.2) is 26.3 Å². The van der Waals surface area contributed by atoms with Gasteiger partial charge in [0.1, 0.15) is 24.2 Å². The van der Waals surface area contributed by atoms with Gasteiger partial charge in [-0.25, -0.2) is 4.98 Å². The van der Waals surface area contributed by atoms with Crippen molar-refractivity contribution >= 4 is 24.0 Å². The lowest BCUT2D eigenvalue weighted by atomic mass is 10.1. The Bertz CT molecular complexity index is 1640. The first-order valence-electron chi connectivity index (χ1n) is 18.3. The molecule has 0 spiro atoms. The van der Waals surface area contributed by atoms with Crippen LogP contribution >= 0.6 is 15.9 Å². The van der Waals surface area contributed by atoms with E-state index in [2.05, 4.69) is 124 Å². The van der Waals surface area contributed by atoms with Crippen molar-refractivity contribution in [3.8, 4) is 46.6 Å². The SMILES string of the molecule is CCCCCCOc1cc(C#Cc2ccc(Br)nc2)cc(C#Cc2cc(C#C[Si](C(C)C)(C(C)C)C(C)C)cc(OCCCCCC)c2)c1. The molecule has 0 amide bonds. The van der Waals surface area contributed by atoms with Gasteiger partial charge in [-0.3, -0.25) is 0 Å². The average Bonchev–Trinajstić information content (AvgIpc) is 3.06. The maximum atomic E-state index is 6.28. The highest BCUT2D eigenvalue weighted by Gasteiger charge is 2.41. The molecule has 0 atom stereocenters. The van der Waals surface area contributed by atoms with Crippen molar-refractivity contribution < 1.29 is 9.47 Å². The molecule has 3 nitrogen and oxygen atoms in total. The molecule has 2 aromatic carbocycles. The molecule has 1 aromatic heterocycles. The fourth-order valence-corrected chi connectivity index (χ4v) is 11.9. The summed E-state index contributed by atoms with van der Waals surface area (Å²) < 4.78 is 13.3. The number of nitrogens with zero attached hydrogens (tertiary/aromatic N) is 1. The van der Waals surface area contributed by atoms with Crippen molar-refractivity contribution in [1.82, 2.24) is 4.98 Å². The molecule has 1 heterocycles. The number of rotatable bonds is 15. The summed E-state index contributed by atoms with van der Waals surface area (Å²) in [6, 6.07) is 16.1. The number of hydrogen-bond donors (Lipinski definition) is 0. The zero-order valence-electron chi connectivity index (χ0n) is 31.1. The van der Waals surface area contributed by atoms with E-state index in [4.69, 9.17) is 9.47 Å². The highest BCUT2D eigenvalue weighted by Crippen LogP contribution is 2.40. The first-order valence-corrected chi connectivity index (χ1v) is 21.3. The van der Waals surface area contributed by atoms with E-state index in [0.29, 0.717) is 29.8 Å². The van der Waals surface area contributed by atoms with E-state index in [1.54, 1.807) is 6.20 Å². The van der Waals surface area contributed by atoms with Crippen molar-refractivity contribution in [3.05, 3.63) is 87.1 Å². The van der Waals surface area contributed by atoms with E-state index in [0.717, 1.165) is 63.2 Å². The summed E-state index contributed by atoms with van der Waals surface area (Å²) in [5.74, 6) is 18.6. The normalized spacial score (nSPS) is 11.0. The number of hydrogen-bond acceptors (Lipinski definition) is 3. The third-order valence-electron chi connectivity index (χ3n) is 9.07. The summed E-state index contributed by atoms with van der Waals surface area (Å²) in [7, 11) is -1.89. The number of benzene rings is 2. The monoisotopic (exact) mass is 737 g/mol. The first-order chi connectivity index (χ1) is 23.6. The second-order valence-corrected chi connectivity index (χ2v) is 20.2. The number of pyridine rings is 1. The lowest BCUT2D eigenvalue weighted by Gasteiger charge is -2.38. The van der Waals surface area contributed by atoms with E-state index in [9.17, 15) is 0 Å². The molecule has 0 N–H and O–H groups in total. The van der Waals surface area contributed by atoms with Crippen LogP contribution in [0, 0.1) is 35.1 Å². The Kier molecular flexibility index (Phi) is 17.1. The average molecular weight is 739 g/mol. The minimum absolute atomic E-state index is 0.565. The predicted octanol–water partition coefficient (Wildman–Crippen LogP) is 12.1. The van der Waals surface area contributed by atoms with Gasteiger partial charge in [0, 0.05) is 34.0 Å². The van der Waals surface area contributed by atoms with Gasteiger partial charge in [0.15, 0.2) is 0 Å². The van der Waals surface area contributed by atoms with E-state index in [-0.39, 0.29) is 0 Å². The third-order valence-corrected chi connectivity index (χ3v) is 15.8. The Hall–Kier alpha value is -3.43. The molecule has 0 aliphatic heterocycles. The maximum Gasteiger partial charge on any atom is 0.146 e. The Morgan fingerprint density at radius 2 is 1.00 bits per heavy atom. The molecule has 260 valence electrons. The lowest BCUT2D eigenvalue weighted by molar-refractivity contribution is 0.305. The molecular weight excluding hydrogens is 682 g/mol. The molecule has 0 fully saturated rings. The van der Waals surface area contributed by atoms with Crippen LogP contribution in [0.5, 0.6) is 11.5 Å². The van der Waals surface area contributed by atoms with E-state index >= 15 is 0 Å². The van der Waals surface area contributed by atoms with Crippen molar-refractivity contribution in [2.45, 2.75) is 123 Å². The molecule has 0 radical (unpaired) electrons. The van der Waals surface area contributed by atoms with Crippen LogP contribution in [0.1, 0.15) is 135 Å². The summed E-state index contributed by atoms with van der Waals surface area (Å²) >= 11 is 3.40. The quantitative estimate of drug-likeness (QED) is 0.0673. The lowest BCUT2D eigenvalue weighted by Crippen LogP contribution is -2.43. The number of aromatic nitrogens is 1. The fourth-order valence-electron chi connectivity index (χ4n) is 6.44. The van der Waals surface area contributed by atoms with Gasteiger partial charge in [0.25, 0.3) is 0 Å². The smallest absolute Gasteiger partial charge is 0.146 e. The van der Waals surface area contributed by atoms with Gasteiger partial charge >= 0.3 is 0 Å². The highest BCUT2D eigenvalue weighted by atomic mass is 79.9. The second-order valence-electron chi connectivity index (χ2n) is 13.8. The van der Waals surface area contributed by atoms with Crippen molar-refractivity contribution in [2.24, 2.45) is 0 Å². The minimum Gasteiger partial charge on any atom is -0.494 e. The van der Waals surface area contributed by atoms with Crippen LogP contribution in [0.2, 0.25) is 16.6 Å². The largest absolute Gasteiger partial charge is 0.494 e. The van der Waals surface area contributed by atoms with Gasteiger partial charge in [-0.05, 0) is 93.9 Å². The molecule has 49 heavy (non-hydrogen) atoms. The van der Waals surface area contributed by atoms with Gasteiger partial charge in [0.2, 0.25) is 0 Å². The predicted molar refractivity (Wildman–Crippen MR) is 214 cm³/mol. The number of ether oxygens (including phenoxy) is 2. The summed E-state index contributed by atoms with van der Waals surface area (Å²) in [5, 5.41) is 0. The molecule has 0 saturated carbocycles. The van der Waals surface area contributed by atoms with Gasteiger partial charge in [-0.2, -0.15) is 0 Å². The van der Waals surface area contributed by atoms with E-state index in [1.807, 2.05) is 36.4 Å². The molecule has 0 aliphatic carbocycles. The summed E-state index contributed by atoms with van der Waals surface area (Å²) in [4.78, 5) is 4.30. The molecule has 3 rings (SSSR count). The first kappa shape index (κ1) is 40.0. The number of halogens is 1. The standard InChI is InChI=1S/C44H56BrNO2Si/c1-9-11-13-15-24-47-42-29-38(18-17-37-21-22-44(45)46-33-37)27-39(30-42)19-20-40-28-41(32-43(31-40)48-25-16-14-12-10-2)23-26-49(34(3)4,35(5)6)36(7)8/h21-22,27-36H,9-16,24-25H2,1-8H3. The summed E-state index contributed by atoms with van der Waals surface area (Å²) in [6.45, 7) is 19.9. The minimum atomic E-state index is -1.89. The van der Waals surface area contributed by atoms with Gasteiger partial charge in [0.05, 0.1) is 13.2 Å². The van der Waals surface area contributed by atoms with Crippen LogP contribution in [0.15, 0.2) is 59.3 Å². The molecular formula is C44H56BrNO2Si. The van der Waals surface area contributed by atoms with Gasteiger partial charge in [-0.15, -0.1) is 5.54 Å². The van der Waals surface area contributed by atoms with Crippen LogP contribution in [0.4, 0.5) is 0 Å². The Labute approximate surface area is 307 Å². The Morgan fingerprint density at radius 3 is 1.39 bits per heavy atom. The van der Waals surface area contributed by atoms with Crippen LogP contribution in [0.25, 0.3) is 0 Å². The van der Waals surface area contributed by atoms with Crippen molar-refractivity contribution in [2.75, 3.05) is 13.2 Å². The molecule has 0 aliphatic rings.